The minimum Gasteiger partial charge on any atom is -0.489 e. The molecule has 110 valence electrons. The lowest BCUT2D eigenvalue weighted by Crippen LogP contribution is -2.46. The van der Waals surface area contributed by atoms with Crippen LogP contribution in [0.2, 0.25) is 0 Å². The highest BCUT2D eigenvalue weighted by atomic mass is 16.5. The van der Waals surface area contributed by atoms with Gasteiger partial charge in [0.05, 0.1) is 18.3 Å². The maximum Gasteiger partial charge on any atom is 0.329 e. The molecule has 1 aliphatic heterocycles. The van der Waals surface area contributed by atoms with E-state index in [9.17, 15) is 4.79 Å². The highest BCUT2D eigenvalue weighted by molar-refractivity contribution is 5.82. The number of ether oxygens (including phenoxy) is 2. The van der Waals surface area contributed by atoms with E-state index in [-0.39, 0.29) is 18.1 Å². The van der Waals surface area contributed by atoms with Crippen LogP contribution >= 0.6 is 0 Å². The zero-order chi connectivity index (χ0) is 14.7. The molecule has 1 aromatic carbocycles. The van der Waals surface area contributed by atoms with Gasteiger partial charge in [0.15, 0.2) is 0 Å². The second-order valence-corrected chi connectivity index (χ2v) is 5.18. The first-order valence-electron chi connectivity index (χ1n) is 7.02. The summed E-state index contributed by atoms with van der Waals surface area (Å²) in [6.07, 6.45) is 0.582. The van der Waals surface area contributed by atoms with Crippen LogP contribution in [0.5, 0.6) is 5.75 Å². The van der Waals surface area contributed by atoms with Crippen LogP contribution in [0.15, 0.2) is 18.2 Å². The summed E-state index contributed by atoms with van der Waals surface area (Å²) in [5.74, 6) is 0.541. The van der Waals surface area contributed by atoms with Crippen LogP contribution in [0.25, 0.3) is 0 Å². The van der Waals surface area contributed by atoms with Gasteiger partial charge in [-0.1, -0.05) is 6.92 Å². The lowest BCUT2D eigenvalue weighted by atomic mass is 10.1. The van der Waals surface area contributed by atoms with Gasteiger partial charge in [-0.2, -0.15) is 0 Å². The second kappa shape index (κ2) is 6.03. The third-order valence-corrected chi connectivity index (χ3v) is 3.27. The van der Waals surface area contributed by atoms with Crippen molar-refractivity contribution in [1.82, 2.24) is 0 Å². The molecule has 2 N–H and O–H groups in total. The summed E-state index contributed by atoms with van der Waals surface area (Å²) in [5, 5.41) is 0. The number of carbonyl (C=O) groups excluding carboxylic acids is 1. The molecule has 1 heterocycles. The Kier molecular flexibility index (Phi) is 4.37. The molecule has 1 unspecified atom stereocenters. The highest BCUT2D eigenvalue weighted by Crippen LogP contribution is 2.35. The number of rotatable bonds is 4. The number of esters is 1. The van der Waals surface area contributed by atoms with Gasteiger partial charge in [-0.15, -0.1) is 0 Å². The first-order valence-corrected chi connectivity index (χ1v) is 7.02. The van der Waals surface area contributed by atoms with E-state index in [0.717, 1.165) is 11.4 Å². The van der Waals surface area contributed by atoms with Crippen LogP contribution in [0.4, 0.5) is 11.4 Å². The molecular weight excluding hydrogens is 256 g/mol. The van der Waals surface area contributed by atoms with Crippen molar-refractivity contribution in [3.63, 3.8) is 0 Å². The van der Waals surface area contributed by atoms with Gasteiger partial charge in [-0.25, -0.2) is 4.79 Å². The molecule has 0 bridgehead atoms. The molecule has 5 heteroatoms. The van der Waals surface area contributed by atoms with Crippen molar-refractivity contribution >= 4 is 17.3 Å². The zero-order valence-electron chi connectivity index (χ0n) is 12.3. The molecule has 0 saturated heterocycles. The maximum atomic E-state index is 12.2. The number of carbonyl (C=O) groups is 1. The van der Waals surface area contributed by atoms with E-state index in [4.69, 9.17) is 15.2 Å². The quantitative estimate of drug-likeness (QED) is 0.675. The summed E-state index contributed by atoms with van der Waals surface area (Å²) in [4.78, 5) is 14.3. The molecule has 1 aliphatic rings. The van der Waals surface area contributed by atoms with Crippen molar-refractivity contribution in [1.29, 1.82) is 0 Å². The fourth-order valence-electron chi connectivity index (χ4n) is 2.41. The van der Waals surface area contributed by atoms with Crippen molar-refractivity contribution in [2.75, 3.05) is 23.8 Å². The predicted molar refractivity (Wildman–Crippen MR) is 79.0 cm³/mol. The third kappa shape index (κ3) is 2.98. The number of benzene rings is 1. The second-order valence-electron chi connectivity index (χ2n) is 5.18. The fraction of sp³-hybridized carbons (Fsp3) is 0.533. The lowest BCUT2D eigenvalue weighted by Gasteiger charge is -2.36. The number of nitrogens with zero attached hydrogens (tertiary/aromatic N) is 1. The van der Waals surface area contributed by atoms with Crippen LogP contribution < -0.4 is 15.4 Å². The average Bonchev–Trinajstić information content (AvgIpc) is 2.38. The summed E-state index contributed by atoms with van der Waals surface area (Å²) in [6, 6.07) is 5.22. The van der Waals surface area contributed by atoms with Crippen molar-refractivity contribution in [2.24, 2.45) is 0 Å². The molecule has 5 nitrogen and oxygen atoms in total. The first-order chi connectivity index (χ1) is 9.52. The number of hydrogen-bond donors (Lipinski definition) is 1. The van der Waals surface area contributed by atoms with Gasteiger partial charge in [-0.3, -0.25) is 0 Å². The van der Waals surface area contributed by atoms with Crippen molar-refractivity contribution in [3.8, 4) is 5.75 Å². The van der Waals surface area contributed by atoms with Crippen LogP contribution in [-0.4, -0.2) is 31.3 Å². The molecule has 0 radical (unpaired) electrons. The van der Waals surface area contributed by atoms with Gasteiger partial charge in [-0.05, 0) is 32.4 Å². The molecule has 2 rings (SSSR count). The van der Waals surface area contributed by atoms with E-state index in [2.05, 4.69) is 0 Å². The summed E-state index contributed by atoms with van der Waals surface area (Å²) >= 11 is 0. The van der Waals surface area contributed by atoms with Gasteiger partial charge >= 0.3 is 5.97 Å². The molecule has 0 saturated carbocycles. The summed E-state index contributed by atoms with van der Waals surface area (Å²) < 4.78 is 11.0. The Morgan fingerprint density at radius 1 is 1.50 bits per heavy atom. The standard InChI is InChI=1S/C15H22N2O3/c1-4-12(15(18)20-10(2)3)17-7-8-19-14-9-11(16)5-6-13(14)17/h5-6,9-10,12H,4,7-8,16H2,1-3H3. The minimum absolute atomic E-state index is 0.108. The topological polar surface area (TPSA) is 64.8 Å². The Morgan fingerprint density at radius 3 is 2.90 bits per heavy atom. The molecule has 0 aromatic heterocycles. The van der Waals surface area contributed by atoms with Crippen molar-refractivity contribution in [2.45, 2.75) is 39.3 Å². The fourth-order valence-corrected chi connectivity index (χ4v) is 2.41. The monoisotopic (exact) mass is 278 g/mol. The van der Waals surface area contributed by atoms with Gasteiger partial charge in [0.25, 0.3) is 0 Å². The molecule has 0 aliphatic carbocycles. The summed E-state index contributed by atoms with van der Waals surface area (Å²) in [7, 11) is 0. The Morgan fingerprint density at radius 2 is 2.25 bits per heavy atom. The zero-order valence-corrected chi connectivity index (χ0v) is 12.3. The maximum absolute atomic E-state index is 12.2. The van der Waals surface area contributed by atoms with Crippen LogP contribution in [0.3, 0.4) is 0 Å². The van der Waals surface area contributed by atoms with Gasteiger partial charge in [0.2, 0.25) is 0 Å². The molecule has 20 heavy (non-hydrogen) atoms. The van der Waals surface area contributed by atoms with Crippen LogP contribution in [0.1, 0.15) is 27.2 Å². The number of anilines is 2. The molecule has 0 fully saturated rings. The highest BCUT2D eigenvalue weighted by Gasteiger charge is 2.30. The Hall–Kier alpha value is -1.91. The summed E-state index contributed by atoms with van der Waals surface area (Å²) in [6.45, 7) is 6.92. The lowest BCUT2D eigenvalue weighted by molar-refractivity contribution is -0.149. The number of hydrogen-bond acceptors (Lipinski definition) is 5. The SMILES string of the molecule is CCC(C(=O)OC(C)C)N1CCOc2cc(N)ccc21. The molecule has 0 amide bonds. The smallest absolute Gasteiger partial charge is 0.329 e. The Labute approximate surface area is 119 Å². The minimum atomic E-state index is -0.288. The largest absolute Gasteiger partial charge is 0.489 e. The van der Waals surface area contributed by atoms with Crippen molar-refractivity contribution < 1.29 is 14.3 Å². The molecule has 0 spiro atoms. The van der Waals surface area contributed by atoms with E-state index in [1.165, 1.54) is 0 Å². The predicted octanol–water partition coefficient (Wildman–Crippen LogP) is 2.20. The van der Waals surface area contributed by atoms with Crippen LogP contribution in [0, 0.1) is 0 Å². The van der Waals surface area contributed by atoms with Crippen LogP contribution in [-0.2, 0) is 9.53 Å². The first kappa shape index (κ1) is 14.5. The van der Waals surface area contributed by atoms with Crippen molar-refractivity contribution in [3.05, 3.63) is 18.2 Å². The van der Waals surface area contributed by atoms with Gasteiger partial charge in [0, 0.05) is 11.8 Å². The summed E-state index contributed by atoms with van der Waals surface area (Å²) in [5.41, 5.74) is 7.33. The Bertz CT molecular complexity index is 488. The van der Waals surface area contributed by atoms with E-state index < -0.39 is 0 Å². The molecular formula is C15H22N2O3. The van der Waals surface area contributed by atoms with E-state index in [1.54, 1.807) is 6.07 Å². The number of nitrogen functional groups attached to an aromatic ring is 1. The van der Waals surface area contributed by atoms with E-state index in [0.29, 0.717) is 25.3 Å². The third-order valence-electron chi connectivity index (χ3n) is 3.27. The number of fused-ring (bicyclic) bond motifs is 1. The van der Waals surface area contributed by atoms with E-state index >= 15 is 0 Å². The average molecular weight is 278 g/mol. The molecule has 1 atom stereocenters. The van der Waals surface area contributed by atoms with E-state index in [1.807, 2.05) is 37.8 Å². The Balaban J connectivity index is 2.26. The van der Waals surface area contributed by atoms with Gasteiger partial charge < -0.3 is 20.1 Å². The normalized spacial score (nSPS) is 15.5. The number of nitrogens with two attached hydrogens (primary N) is 1. The van der Waals surface area contributed by atoms with Gasteiger partial charge in [0.1, 0.15) is 18.4 Å². The molecule has 1 aromatic rings.